The predicted octanol–water partition coefficient (Wildman–Crippen LogP) is 4.69. The molecule has 1 aromatic heterocycles. The Kier molecular flexibility index (Phi) is 5.25. The van der Waals surface area contributed by atoms with E-state index in [4.69, 9.17) is 4.42 Å². The van der Waals surface area contributed by atoms with Gasteiger partial charge in [0, 0.05) is 22.4 Å². The second-order valence-electron chi connectivity index (χ2n) is 6.47. The van der Waals surface area contributed by atoms with Gasteiger partial charge >= 0.3 is 11.7 Å². The number of amides is 3. The summed E-state index contributed by atoms with van der Waals surface area (Å²) in [5.74, 6) is -0.597. The zero-order chi connectivity index (χ0) is 20.9. The second-order valence-corrected chi connectivity index (χ2v) is 6.47. The van der Waals surface area contributed by atoms with Crippen LogP contribution in [0.1, 0.15) is 10.4 Å². The average molecular weight is 399 g/mol. The fraction of sp³-hybridized carbons (Fsp3) is 0. The highest BCUT2D eigenvalue weighted by molar-refractivity contribution is 6.06. The van der Waals surface area contributed by atoms with E-state index in [-0.39, 0.29) is 5.56 Å². The maximum absolute atomic E-state index is 12.6. The first-order valence-corrected chi connectivity index (χ1v) is 9.16. The number of carbonyl (C=O) groups is 2. The van der Waals surface area contributed by atoms with Gasteiger partial charge in [0.05, 0.1) is 0 Å². The van der Waals surface area contributed by atoms with Crippen molar-refractivity contribution < 1.29 is 14.0 Å². The summed E-state index contributed by atoms with van der Waals surface area (Å²) in [4.78, 5) is 36.9. The first kappa shape index (κ1) is 18.9. The number of para-hydroxylation sites is 2. The third kappa shape index (κ3) is 4.36. The molecule has 0 unspecified atom stereocenters. The van der Waals surface area contributed by atoms with E-state index in [9.17, 15) is 14.4 Å². The summed E-state index contributed by atoms with van der Waals surface area (Å²) in [7, 11) is 0. The van der Waals surface area contributed by atoms with Gasteiger partial charge in [0.2, 0.25) is 0 Å². The van der Waals surface area contributed by atoms with E-state index in [1.807, 2.05) is 18.2 Å². The molecule has 0 fully saturated rings. The summed E-state index contributed by atoms with van der Waals surface area (Å²) in [5.41, 5.74) is 1.14. The largest absolute Gasteiger partial charge is 0.422 e. The van der Waals surface area contributed by atoms with Gasteiger partial charge in [-0.25, -0.2) is 9.59 Å². The number of hydrogen-bond donors (Lipinski definition) is 3. The maximum Gasteiger partial charge on any atom is 0.349 e. The molecule has 7 nitrogen and oxygen atoms in total. The molecule has 30 heavy (non-hydrogen) atoms. The van der Waals surface area contributed by atoms with Crippen molar-refractivity contribution in [3.63, 3.8) is 0 Å². The van der Waals surface area contributed by atoms with Gasteiger partial charge in [-0.3, -0.25) is 4.79 Å². The van der Waals surface area contributed by atoms with E-state index < -0.39 is 17.6 Å². The van der Waals surface area contributed by atoms with Crippen LogP contribution in [0.3, 0.4) is 0 Å². The SMILES string of the molecule is O=C(Nc1ccccc1)Nc1cccc(NC(=O)c2cc3ccccc3oc2=O)c1. The highest BCUT2D eigenvalue weighted by Gasteiger charge is 2.14. The Morgan fingerprint density at radius 2 is 1.30 bits per heavy atom. The van der Waals surface area contributed by atoms with E-state index in [2.05, 4.69) is 16.0 Å². The van der Waals surface area contributed by atoms with Crippen LogP contribution in [0.4, 0.5) is 21.9 Å². The van der Waals surface area contributed by atoms with Crippen LogP contribution >= 0.6 is 0 Å². The molecule has 0 spiro atoms. The van der Waals surface area contributed by atoms with Crippen molar-refractivity contribution in [1.82, 2.24) is 0 Å². The van der Waals surface area contributed by atoms with Crippen LogP contribution in [0, 0.1) is 0 Å². The van der Waals surface area contributed by atoms with E-state index in [1.54, 1.807) is 60.7 Å². The summed E-state index contributed by atoms with van der Waals surface area (Å²) in [6, 6.07) is 23.7. The van der Waals surface area contributed by atoms with Crippen LogP contribution in [0.2, 0.25) is 0 Å². The molecular weight excluding hydrogens is 382 g/mol. The van der Waals surface area contributed by atoms with Gasteiger partial charge in [0.1, 0.15) is 11.1 Å². The van der Waals surface area contributed by atoms with Gasteiger partial charge in [-0.05, 0) is 42.5 Å². The minimum atomic E-state index is -0.720. The fourth-order valence-electron chi connectivity index (χ4n) is 2.91. The van der Waals surface area contributed by atoms with E-state index in [1.165, 1.54) is 6.07 Å². The molecule has 0 atom stereocenters. The van der Waals surface area contributed by atoms with Crippen molar-refractivity contribution in [2.24, 2.45) is 0 Å². The molecule has 0 aliphatic heterocycles. The zero-order valence-corrected chi connectivity index (χ0v) is 15.7. The molecule has 4 rings (SSSR count). The molecule has 0 bridgehead atoms. The maximum atomic E-state index is 12.6. The number of rotatable bonds is 4. The number of hydrogen-bond acceptors (Lipinski definition) is 4. The van der Waals surface area contributed by atoms with Gasteiger partial charge in [0.15, 0.2) is 0 Å². The molecule has 0 radical (unpaired) electrons. The summed E-state index contributed by atoms with van der Waals surface area (Å²) < 4.78 is 5.20. The third-order valence-electron chi connectivity index (χ3n) is 4.30. The smallest absolute Gasteiger partial charge is 0.349 e. The van der Waals surface area contributed by atoms with Crippen LogP contribution in [-0.4, -0.2) is 11.9 Å². The van der Waals surface area contributed by atoms with Crippen molar-refractivity contribution in [2.45, 2.75) is 0 Å². The minimum absolute atomic E-state index is 0.103. The number of nitrogens with one attached hydrogen (secondary N) is 3. The molecule has 0 saturated heterocycles. The molecule has 0 aliphatic rings. The molecule has 148 valence electrons. The Bertz CT molecular complexity index is 1280. The number of urea groups is 1. The van der Waals surface area contributed by atoms with Crippen molar-refractivity contribution in [2.75, 3.05) is 16.0 Å². The highest BCUT2D eigenvalue weighted by Crippen LogP contribution is 2.18. The molecule has 0 aliphatic carbocycles. The van der Waals surface area contributed by atoms with Crippen molar-refractivity contribution in [3.05, 3.63) is 101 Å². The van der Waals surface area contributed by atoms with E-state index in [0.717, 1.165) is 0 Å². The Morgan fingerprint density at radius 1 is 0.667 bits per heavy atom. The van der Waals surface area contributed by atoms with Crippen LogP contribution < -0.4 is 21.6 Å². The lowest BCUT2D eigenvalue weighted by Crippen LogP contribution is -2.21. The second kappa shape index (κ2) is 8.32. The first-order valence-electron chi connectivity index (χ1n) is 9.16. The summed E-state index contributed by atoms with van der Waals surface area (Å²) in [6.45, 7) is 0. The molecule has 3 amide bonds. The topological polar surface area (TPSA) is 100 Å². The lowest BCUT2D eigenvalue weighted by Gasteiger charge is -2.10. The van der Waals surface area contributed by atoms with Gasteiger partial charge < -0.3 is 20.4 Å². The van der Waals surface area contributed by atoms with Gasteiger partial charge in [-0.2, -0.15) is 0 Å². The highest BCUT2D eigenvalue weighted by atomic mass is 16.4. The van der Waals surface area contributed by atoms with E-state index in [0.29, 0.717) is 28.0 Å². The quantitative estimate of drug-likeness (QED) is 0.433. The standard InChI is InChI=1S/C23H17N3O4/c27-21(19-13-15-7-4-5-12-20(15)30-22(19)28)24-17-10-6-11-18(14-17)26-23(29)25-16-8-2-1-3-9-16/h1-14H,(H,24,27)(H2,25,26,29). The zero-order valence-electron chi connectivity index (χ0n) is 15.7. The lowest BCUT2D eigenvalue weighted by molar-refractivity contribution is 0.102. The average Bonchev–Trinajstić information content (AvgIpc) is 2.74. The molecular formula is C23H17N3O4. The van der Waals surface area contributed by atoms with Crippen LogP contribution in [-0.2, 0) is 0 Å². The minimum Gasteiger partial charge on any atom is -0.422 e. The van der Waals surface area contributed by atoms with Crippen LogP contribution in [0.5, 0.6) is 0 Å². The summed E-state index contributed by atoms with van der Waals surface area (Å²) in [6.07, 6.45) is 0. The van der Waals surface area contributed by atoms with Crippen molar-refractivity contribution in [3.8, 4) is 0 Å². The summed E-state index contributed by atoms with van der Waals surface area (Å²) in [5, 5.41) is 8.71. The molecule has 3 aromatic carbocycles. The Hall–Kier alpha value is -4.39. The third-order valence-corrected chi connectivity index (χ3v) is 4.30. The van der Waals surface area contributed by atoms with E-state index >= 15 is 0 Å². The predicted molar refractivity (Wildman–Crippen MR) is 116 cm³/mol. The number of carbonyl (C=O) groups excluding carboxylic acids is 2. The lowest BCUT2D eigenvalue weighted by atomic mass is 10.1. The normalized spacial score (nSPS) is 10.4. The molecule has 7 heteroatoms. The Morgan fingerprint density at radius 3 is 2.10 bits per heavy atom. The van der Waals surface area contributed by atoms with Gasteiger partial charge in [-0.15, -0.1) is 0 Å². The molecule has 0 saturated carbocycles. The van der Waals surface area contributed by atoms with Crippen LogP contribution in [0.25, 0.3) is 11.0 Å². The fourth-order valence-corrected chi connectivity index (χ4v) is 2.91. The monoisotopic (exact) mass is 399 g/mol. The Labute approximate surface area is 171 Å². The number of benzene rings is 3. The molecule has 3 N–H and O–H groups in total. The Balaban J connectivity index is 1.48. The van der Waals surface area contributed by atoms with Crippen molar-refractivity contribution >= 4 is 40.0 Å². The van der Waals surface area contributed by atoms with Crippen LogP contribution in [0.15, 0.2) is 94.1 Å². The number of anilines is 3. The number of fused-ring (bicyclic) bond motifs is 1. The van der Waals surface area contributed by atoms with Gasteiger partial charge in [0.25, 0.3) is 5.91 Å². The van der Waals surface area contributed by atoms with Crippen molar-refractivity contribution in [1.29, 1.82) is 0 Å². The molecule has 1 heterocycles. The first-order chi connectivity index (χ1) is 14.6. The van der Waals surface area contributed by atoms with Gasteiger partial charge in [-0.1, -0.05) is 42.5 Å². The summed E-state index contributed by atoms with van der Waals surface area (Å²) >= 11 is 0. The molecule has 4 aromatic rings.